The van der Waals surface area contributed by atoms with Crippen molar-refractivity contribution in [1.82, 2.24) is 9.97 Å². The molecule has 0 amide bonds. The van der Waals surface area contributed by atoms with Crippen LogP contribution >= 0.6 is 12.2 Å². The lowest BCUT2D eigenvalue weighted by Gasteiger charge is -2.15. The maximum absolute atomic E-state index is 11.7. The van der Waals surface area contributed by atoms with E-state index in [2.05, 4.69) is 9.97 Å². The fourth-order valence-corrected chi connectivity index (χ4v) is 2.46. The highest BCUT2D eigenvalue weighted by molar-refractivity contribution is 7.71. The summed E-state index contributed by atoms with van der Waals surface area (Å²) in [4.78, 5) is 16.8. The van der Waals surface area contributed by atoms with Crippen molar-refractivity contribution in [2.75, 3.05) is 6.61 Å². The maximum atomic E-state index is 11.7. The molecule has 1 fully saturated rings. The highest BCUT2D eigenvalue weighted by atomic mass is 32.1. The summed E-state index contributed by atoms with van der Waals surface area (Å²) in [6, 6.07) is 0. The molecule has 0 bridgehead atoms. The molecule has 1 aromatic rings. The molecule has 0 radical (unpaired) electrons. The lowest BCUT2D eigenvalue weighted by Crippen LogP contribution is -2.30. The fourth-order valence-electron chi connectivity index (χ4n) is 2.31. The third-order valence-corrected chi connectivity index (χ3v) is 3.50. The fraction of sp³-hybridized carbons (Fsp3) is 0.600. The second-order valence-electron chi connectivity index (χ2n) is 4.29. The minimum atomic E-state index is -1.04. The molecule has 0 aromatic carbocycles. The number of H-pyrrole nitrogens is 2. The van der Waals surface area contributed by atoms with E-state index >= 15 is 0 Å². The zero-order chi connectivity index (χ0) is 12.6. The van der Waals surface area contributed by atoms with Crippen molar-refractivity contribution in [3.05, 3.63) is 26.9 Å². The smallest absolute Gasteiger partial charge is 0.255 e. The quantitative estimate of drug-likeness (QED) is 0.448. The Morgan fingerprint density at radius 1 is 1.41 bits per heavy atom. The van der Waals surface area contributed by atoms with E-state index in [9.17, 15) is 15.0 Å². The van der Waals surface area contributed by atoms with Crippen LogP contribution in [0.4, 0.5) is 0 Å². The van der Waals surface area contributed by atoms with Gasteiger partial charge in [0, 0.05) is 30.2 Å². The van der Waals surface area contributed by atoms with Gasteiger partial charge in [-0.3, -0.25) is 9.78 Å². The number of nitrogens with one attached hydrogen (secondary N) is 2. The van der Waals surface area contributed by atoms with Crippen LogP contribution in [0, 0.1) is 10.7 Å². The minimum absolute atomic E-state index is 0.213. The van der Waals surface area contributed by atoms with Crippen LogP contribution in [-0.4, -0.2) is 44.1 Å². The Bertz CT molecular complexity index is 512. The molecule has 0 unspecified atom stereocenters. The molecule has 1 aliphatic carbocycles. The van der Waals surface area contributed by atoms with Crippen molar-refractivity contribution in [3.63, 3.8) is 0 Å². The number of rotatable bonds is 2. The first-order valence-corrected chi connectivity index (χ1v) is 5.74. The Labute approximate surface area is 102 Å². The van der Waals surface area contributed by atoms with E-state index in [0.717, 1.165) is 0 Å². The molecule has 5 N–H and O–H groups in total. The predicted octanol–water partition coefficient (Wildman–Crippen LogP) is -0.750. The first-order valence-electron chi connectivity index (χ1n) is 5.33. The van der Waals surface area contributed by atoms with Gasteiger partial charge in [-0.2, -0.15) is 0 Å². The van der Waals surface area contributed by atoms with E-state index in [1.54, 1.807) is 0 Å². The molecule has 1 aromatic heterocycles. The normalized spacial score (nSPS) is 32.9. The number of hydrogen-bond acceptors (Lipinski definition) is 5. The van der Waals surface area contributed by atoms with E-state index in [1.165, 1.54) is 6.20 Å². The summed E-state index contributed by atoms with van der Waals surface area (Å²) in [5.41, 5.74) is -0.0234. The Morgan fingerprint density at radius 3 is 2.65 bits per heavy atom. The average Bonchev–Trinajstić information content (AvgIpc) is 2.57. The first kappa shape index (κ1) is 12.4. The van der Waals surface area contributed by atoms with E-state index in [1.807, 2.05) is 0 Å². The standard InChI is InChI=1S/C10H14N2O4S/c13-3-4-1-5(8(15)7(4)14)6-2-11-10(17)12-9(6)16/h2,4-5,7-8,13-15H,1,3H2,(H2,11,12,16,17)/t4-,5+,7-,8+/m1/s1. The maximum Gasteiger partial charge on any atom is 0.255 e. The summed E-state index contributed by atoms with van der Waals surface area (Å²) in [7, 11) is 0. The number of aliphatic hydroxyl groups is 3. The molecule has 2 rings (SSSR count). The monoisotopic (exact) mass is 258 g/mol. The molecule has 0 saturated heterocycles. The van der Waals surface area contributed by atoms with Gasteiger partial charge in [0.15, 0.2) is 4.77 Å². The molecule has 6 nitrogen and oxygen atoms in total. The van der Waals surface area contributed by atoms with E-state index in [-0.39, 0.29) is 16.9 Å². The van der Waals surface area contributed by atoms with Crippen molar-refractivity contribution < 1.29 is 15.3 Å². The van der Waals surface area contributed by atoms with Crippen LogP contribution in [0.2, 0.25) is 0 Å². The van der Waals surface area contributed by atoms with Crippen molar-refractivity contribution in [2.45, 2.75) is 24.5 Å². The summed E-state index contributed by atoms with van der Waals surface area (Å²) in [5, 5.41) is 28.6. The van der Waals surface area contributed by atoms with E-state index in [0.29, 0.717) is 12.0 Å². The summed E-state index contributed by atoms with van der Waals surface area (Å²) in [5.74, 6) is -0.893. The van der Waals surface area contributed by atoms with Crippen molar-refractivity contribution >= 4 is 12.2 Å². The summed E-state index contributed by atoms with van der Waals surface area (Å²) in [6.45, 7) is -0.213. The Hall–Kier alpha value is -1.02. The molecule has 1 saturated carbocycles. The first-order chi connectivity index (χ1) is 8.04. The summed E-state index contributed by atoms with van der Waals surface area (Å²) >= 11 is 4.77. The second-order valence-corrected chi connectivity index (χ2v) is 4.70. The third-order valence-electron chi connectivity index (χ3n) is 3.28. The third kappa shape index (κ3) is 2.19. The van der Waals surface area contributed by atoms with Crippen LogP contribution in [0.3, 0.4) is 0 Å². The van der Waals surface area contributed by atoms with E-state index in [4.69, 9.17) is 17.3 Å². The van der Waals surface area contributed by atoms with Crippen LogP contribution in [0.1, 0.15) is 17.9 Å². The number of aliphatic hydroxyl groups excluding tert-OH is 3. The van der Waals surface area contributed by atoms with Gasteiger partial charge in [-0.15, -0.1) is 0 Å². The molecule has 1 aliphatic rings. The highest BCUT2D eigenvalue weighted by Gasteiger charge is 2.42. The van der Waals surface area contributed by atoms with Crippen LogP contribution < -0.4 is 5.56 Å². The summed E-state index contributed by atoms with van der Waals surface area (Å²) in [6.07, 6.45) is -0.237. The van der Waals surface area contributed by atoms with Crippen LogP contribution in [0.15, 0.2) is 11.0 Å². The molecule has 0 aliphatic heterocycles. The Morgan fingerprint density at radius 2 is 2.12 bits per heavy atom. The molecule has 4 atom stereocenters. The van der Waals surface area contributed by atoms with Gasteiger partial charge in [0.25, 0.3) is 5.56 Å². The van der Waals surface area contributed by atoms with Gasteiger partial charge in [-0.1, -0.05) is 0 Å². The molecule has 0 spiro atoms. The lowest BCUT2D eigenvalue weighted by atomic mass is 9.97. The molecule has 94 valence electrons. The van der Waals surface area contributed by atoms with Gasteiger partial charge in [-0.05, 0) is 18.6 Å². The summed E-state index contributed by atoms with van der Waals surface area (Å²) < 4.78 is 0.213. The Balaban J connectivity index is 2.35. The topological polar surface area (TPSA) is 109 Å². The predicted molar refractivity (Wildman–Crippen MR) is 62.2 cm³/mol. The average molecular weight is 258 g/mol. The molecule has 17 heavy (non-hydrogen) atoms. The largest absolute Gasteiger partial charge is 0.396 e. The van der Waals surface area contributed by atoms with Crippen LogP contribution in [0.25, 0.3) is 0 Å². The number of aromatic amines is 2. The van der Waals surface area contributed by atoms with E-state index < -0.39 is 24.0 Å². The highest BCUT2D eigenvalue weighted by Crippen LogP contribution is 2.37. The molecular formula is C10H14N2O4S. The van der Waals surface area contributed by atoms with Crippen LogP contribution in [-0.2, 0) is 0 Å². The lowest BCUT2D eigenvalue weighted by molar-refractivity contribution is 0.00219. The molecule has 1 heterocycles. The SMILES string of the molecule is O=c1[nH]c(=S)[nH]cc1[C@@H]1C[C@H](CO)[C@@H](O)[C@H]1O. The minimum Gasteiger partial charge on any atom is -0.396 e. The van der Waals surface area contributed by atoms with Gasteiger partial charge < -0.3 is 20.3 Å². The zero-order valence-corrected chi connectivity index (χ0v) is 9.78. The van der Waals surface area contributed by atoms with Gasteiger partial charge in [0.05, 0.1) is 12.2 Å². The molecular weight excluding hydrogens is 244 g/mol. The Kier molecular flexibility index (Phi) is 3.43. The molecule has 7 heteroatoms. The second kappa shape index (κ2) is 4.69. The van der Waals surface area contributed by atoms with Gasteiger partial charge >= 0.3 is 0 Å². The van der Waals surface area contributed by atoms with Crippen molar-refractivity contribution in [1.29, 1.82) is 0 Å². The van der Waals surface area contributed by atoms with Gasteiger partial charge in [0.1, 0.15) is 0 Å². The van der Waals surface area contributed by atoms with Crippen molar-refractivity contribution in [2.24, 2.45) is 5.92 Å². The van der Waals surface area contributed by atoms with Crippen molar-refractivity contribution in [3.8, 4) is 0 Å². The van der Waals surface area contributed by atoms with Gasteiger partial charge in [0.2, 0.25) is 0 Å². The van der Waals surface area contributed by atoms with Crippen LogP contribution in [0.5, 0.6) is 0 Å². The number of hydrogen-bond donors (Lipinski definition) is 5. The van der Waals surface area contributed by atoms with Gasteiger partial charge in [-0.25, -0.2) is 0 Å². The zero-order valence-electron chi connectivity index (χ0n) is 8.96. The number of aromatic nitrogens is 2.